The third kappa shape index (κ3) is 3.62. The molecule has 2 aromatic rings. The van der Waals surface area contributed by atoms with Crippen LogP contribution in [0.25, 0.3) is 0 Å². The van der Waals surface area contributed by atoms with Crippen LogP contribution in [0.1, 0.15) is 29.8 Å². The van der Waals surface area contributed by atoms with Crippen LogP contribution in [0.15, 0.2) is 41.0 Å². The van der Waals surface area contributed by atoms with Crippen LogP contribution in [0, 0.1) is 0 Å². The van der Waals surface area contributed by atoms with E-state index in [-0.39, 0.29) is 5.91 Å². The summed E-state index contributed by atoms with van der Waals surface area (Å²) < 4.78 is 0.919. The van der Waals surface area contributed by atoms with Gasteiger partial charge in [0, 0.05) is 29.4 Å². The summed E-state index contributed by atoms with van der Waals surface area (Å²) in [5.41, 5.74) is 1.12. The van der Waals surface area contributed by atoms with Gasteiger partial charge in [0.25, 0.3) is 5.91 Å². The lowest BCUT2D eigenvalue weighted by atomic mass is 10.1. The first-order valence-electron chi connectivity index (χ1n) is 7.37. The molecule has 22 heavy (non-hydrogen) atoms. The first-order chi connectivity index (χ1) is 10.7. The van der Waals surface area contributed by atoms with Gasteiger partial charge in [0.15, 0.2) is 0 Å². The molecular formula is C16H17BrN4O. The predicted octanol–water partition coefficient (Wildman–Crippen LogP) is 3.48. The number of nitrogens with zero attached hydrogens (tertiary/aromatic N) is 3. The van der Waals surface area contributed by atoms with E-state index < -0.39 is 0 Å². The highest BCUT2D eigenvalue weighted by molar-refractivity contribution is 9.10. The van der Waals surface area contributed by atoms with E-state index in [1.165, 1.54) is 6.42 Å². The summed E-state index contributed by atoms with van der Waals surface area (Å²) in [6, 6.07) is 9.12. The molecule has 0 aliphatic carbocycles. The molecule has 114 valence electrons. The predicted molar refractivity (Wildman–Crippen MR) is 90.2 cm³/mol. The Balaban J connectivity index is 1.75. The minimum Gasteiger partial charge on any atom is -0.341 e. The van der Waals surface area contributed by atoms with Gasteiger partial charge in [-0.15, -0.1) is 0 Å². The molecule has 1 fully saturated rings. The fourth-order valence-electron chi connectivity index (χ4n) is 2.48. The maximum atomic E-state index is 12.3. The summed E-state index contributed by atoms with van der Waals surface area (Å²) in [5.74, 6) is 0.417. The highest BCUT2D eigenvalue weighted by Gasteiger charge is 2.16. The Bertz CT molecular complexity index is 671. The molecule has 3 rings (SSSR count). The van der Waals surface area contributed by atoms with Crippen molar-refractivity contribution in [1.29, 1.82) is 0 Å². The molecule has 0 spiro atoms. The Hall–Kier alpha value is -1.95. The zero-order valence-electron chi connectivity index (χ0n) is 12.1. The highest BCUT2D eigenvalue weighted by atomic mass is 79.9. The molecule has 1 saturated heterocycles. The molecule has 0 bridgehead atoms. The van der Waals surface area contributed by atoms with Crippen LogP contribution < -0.4 is 10.2 Å². The van der Waals surface area contributed by atoms with Crippen molar-refractivity contribution in [2.75, 3.05) is 23.3 Å². The Kier molecular flexibility index (Phi) is 4.68. The molecule has 1 aliphatic heterocycles. The zero-order chi connectivity index (χ0) is 15.4. The molecule has 0 atom stereocenters. The number of hydrogen-bond donors (Lipinski definition) is 1. The number of aromatic nitrogens is 2. The van der Waals surface area contributed by atoms with Crippen molar-refractivity contribution in [3.63, 3.8) is 0 Å². The van der Waals surface area contributed by atoms with Crippen molar-refractivity contribution in [1.82, 2.24) is 9.97 Å². The van der Waals surface area contributed by atoms with Crippen molar-refractivity contribution < 1.29 is 4.79 Å². The normalized spacial score (nSPS) is 14.7. The standard InChI is InChI=1S/C16H17BrN4O/c17-12-5-4-6-13(11-12)19-15(22)14-7-8-18-16(20-14)21-9-2-1-3-10-21/h4-8,11H,1-3,9-10H2,(H,19,22). The largest absolute Gasteiger partial charge is 0.341 e. The molecule has 0 unspecified atom stereocenters. The van der Waals surface area contributed by atoms with Gasteiger partial charge in [-0.2, -0.15) is 0 Å². The van der Waals surface area contributed by atoms with E-state index in [0.717, 1.165) is 36.1 Å². The molecule has 0 radical (unpaired) electrons. The van der Waals surface area contributed by atoms with Crippen LogP contribution in [-0.4, -0.2) is 29.0 Å². The molecule has 2 heterocycles. The van der Waals surface area contributed by atoms with Crippen LogP contribution in [0.5, 0.6) is 0 Å². The SMILES string of the molecule is O=C(Nc1cccc(Br)c1)c1ccnc(N2CCCCC2)n1. The summed E-state index contributed by atoms with van der Waals surface area (Å²) in [4.78, 5) is 23.2. The summed E-state index contributed by atoms with van der Waals surface area (Å²) in [5, 5.41) is 2.85. The van der Waals surface area contributed by atoms with E-state index in [9.17, 15) is 4.79 Å². The van der Waals surface area contributed by atoms with Gasteiger partial charge in [-0.25, -0.2) is 9.97 Å². The molecule has 0 saturated carbocycles. The lowest BCUT2D eigenvalue weighted by molar-refractivity contribution is 0.102. The van der Waals surface area contributed by atoms with Gasteiger partial charge < -0.3 is 10.2 Å². The smallest absolute Gasteiger partial charge is 0.274 e. The number of piperidine rings is 1. The Morgan fingerprint density at radius 2 is 2.00 bits per heavy atom. The summed E-state index contributed by atoms with van der Waals surface area (Å²) in [6.45, 7) is 1.91. The topological polar surface area (TPSA) is 58.1 Å². The van der Waals surface area contributed by atoms with Gasteiger partial charge in [0.1, 0.15) is 5.69 Å². The maximum absolute atomic E-state index is 12.3. The van der Waals surface area contributed by atoms with E-state index in [2.05, 4.69) is 36.1 Å². The molecule has 1 aromatic heterocycles. The van der Waals surface area contributed by atoms with E-state index in [4.69, 9.17) is 0 Å². The van der Waals surface area contributed by atoms with Crippen molar-refractivity contribution in [2.24, 2.45) is 0 Å². The van der Waals surface area contributed by atoms with E-state index in [1.807, 2.05) is 24.3 Å². The number of rotatable bonds is 3. The van der Waals surface area contributed by atoms with E-state index in [1.54, 1.807) is 12.3 Å². The first-order valence-corrected chi connectivity index (χ1v) is 8.16. The van der Waals surface area contributed by atoms with Crippen LogP contribution in [0.4, 0.5) is 11.6 Å². The average Bonchev–Trinajstić information content (AvgIpc) is 2.56. The molecule has 1 N–H and O–H groups in total. The lowest BCUT2D eigenvalue weighted by Gasteiger charge is -2.26. The molecule has 1 aromatic carbocycles. The Morgan fingerprint density at radius 1 is 1.18 bits per heavy atom. The van der Waals surface area contributed by atoms with Crippen LogP contribution in [-0.2, 0) is 0 Å². The van der Waals surface area contributed by atoms with Crippen molar-refractivity contribution in [2.45, 2.75) is 19.3 Å². The third-order valence-electron chi connectivity index (χ3n) is 3.60. The number of amides is 1. The van der Waals surface area contributed by atoms with Crippen LogP contribution in [0.2, 0.25) is 0 Å². The molecule has 1 aliphatic rings. The lowest BCUT2D eigenvalue weighted by Crippen LogP contribution is -2.31. The van der Waals surface area contributed by atoms with Gasteiger partial charge in [0.2, 0.25) is 5.95 Å². The van der Waals surface area contributed by atoms with Crippen molar-refractivity contribution >= 4 is 33.5 Å². The quantitative estimate of drug-likeness (QED) is 0.910. The van der Waals surface area contributed by atoms with Crippen molar-refractivity contribution in [3.05, 3.63) is 46.7 Å². The number of halogens is 1. The van der Waals surface area contributed by atoms with Crippen molar-refractivity contribution in [3.8, 4) is 0 Å². The van der Waals surface area contributed by atoms with E-state index >= 15 is 0 Å². The number of carbonyl (C=O) groups excluding carboxylic acids is 1. The van der Waals surface area contributed by atoms with Gasteiger partial charge in [-0.1, -0.05) is 22.0 Å². The van der Waals surface area contributed by atoms with Gasteiger partial charge in [-0.05, 0) is 43.5 Å². The van der Waals surface area contributed by atoms with Gasteiger partial charge in [0.05, 0.1) is 0 Å². The number of anilines is 2. The summed E-state index contributed by atoms with van der Waals surface area (Å²) >= 11 is 3.39. The first kappa shape index (κ1) is 15.0. The van der Waals surface area contributed by atoms with Gasteiger partial charge >= 0.3 is 0 Å². The highest BCUT2D eigenvalue weighted by Crippen LogP contribution is 2.18. The van der Waals surface area contributed by atoms with Gasteiger partial charge in [-0.3, -0.25) is 4.79 Å². The fraction of sp³-hybridized carbons (Fsp3) is 0.312. The number of carbonyl (C=O) groups is 1. The Labute approximate surface area is 137 Å². The van der Waals surface area contributed by atoms with Crippen LogP contribution >= 0.6 is 15.9 Å². The molecule has 1 amide bonds. The number of hydrogen-bond acceptors (Lipinski definition) is 4. The monoisotopic (exact) mass is 360 g/mol. The second-order valence-electron chi connectivity index (χ2n) is 5.25. The van der Waals surface area contributed by atoms with Crippen LogP contribution in [0.3, 0.4) is 0 Å². The number of benzene rings is 1. The molecule has 6 heteroatoms. The minimum absolute atomic E-state index is 0.223. The Morgan fingerprint density at radius 3 is 2.77 bits per heavy atom. The summed E-state index contributed by atoms with van der Waals surface area (Å²) in [7, 11) is 0. The maximum Gasteiger partial charge on any atom is 0.274 e. The average molecular weight is 361 g/mol. The zero-order valence-corrected chi connectivity index (χ0v) is 13.7. The van der Waals surface area contributed by atoms with E-state index in [0.29, 0.717) is 11.6 Å². The second-order valence-corrected chi connectivity index (χ2v) is 6.17. The second kappa shape index (κ2) is 6.87. The minimum atomic E-state index is -0.223. The fourth-order valence-corrected chi connectivity index (χ4v) is 2.88. The molecular weight excluding hydrogens is 344 g/mol. The third-order valence-corrected chi connectivity index (χ3v) is 4.09. The summed E-state index contributed by atoms with van der Waals surface area (Å²) in [6.07, 6.45) is 5.20. The molecule has 5 nitrogen and oxygen atoms in total. The number of nitrogens with one attached hydrogen (secondary N) is 1.